The summed E-state index contributed by atoms with van der Waals surface area (Å²) in [6.07, 6.45) is 0.0797. The molecule has 2 aromatic rings. The Kier molecular flexibility index (Phi) is 4.88. The first kappa shape index (κ1) is 17.5. The number of anilines is 2. The Morgan fingerprint density at radius 3 is 2.62 bits per heavy atom. The molecule has 2 aromatic carbocycles. The maximum atomic E-state index is 12.2. The molecule has 1 heterocycles. The van der Waals surface area contributed by atoms with Gasteiger partial charge in [-0.1, -0.05) is 0 Å². The number of hydrogen-bond donors (Lipinski definition) is 2. The predicted octanol–water partition coefficient (Wildman–Crippen LogP) is 2.35. The average molecular weight is 354 g/mol. The van der Waals surface area contributed by atoms with Gasteiger partial charge in [-0.15, -0.1) is 0 Å². The lowest BCUT2D eigenvalue weighted by atomic mass is 10.1. The van der Waals surface area contributed by atoms with Crippen LogP contribution in [0, 0.1) is 0 Å². The molecule has 0 unspecified atom stereocenters. The van der Waals surface area contributed by atoms with E-state index in [-0.39, 0.29) is 42.9 Å². The van der Waals surface area contributed by atoms with Gasteiger partial charge in [0.15, 0.2) is 12.4 Å². The fourth-order valence-corrected chi connectivity index (χ4v) is 2.65. The average Bonchev–Trinajstić information content (AvgIpc) is 2.62. The molecule has 0 saturated carbocycles. The van der Waals surface area contributed by atoms with Gasteiger partial charge in [0.1, 0.15) is 11.5 Å². The monoisotopic (exact) mass is 354 g/mol. The van der Waals surface area contributed by atoms with Gasteiger partial charge in [-0.3, -0.25) is 14.4 Å². The Bertz CT molecular complexity index is 861. The number of aromatic hydroxyl groups is 1. The number of hydrogen-bond acceptors (Lipinski definition) is 5. The lowest BCUT2D eigenvalue weighted by Crippen LogP contribution is -2.40. The highest BCUT2D eigenvalue weighted by atomic mass is 16.5. The summed E-state index contributed by atoms with van der Waals surface area (Å²) in [6, 6.07) is 11.0. The first-order valence-electron chi connectivity index (χ1n) is 8.11. The molecule has 0 atom stereocenters. The Hall–Kier alpha value is -3.35. The molecule has 0 saturated heterocycles. The Morgan fingerprint density at radius 2 is 1.92 bits per heavy atom. The largest absolute Gasteiger partial charge is 0.508 e. The summed E-state index contributed by atoms with van der Waals surface area (Å²) in [4.78, 5) is 37.4. The number of carbonyl (C=O) groups is 3. The molecule has 1 aliphatic heterocycles. The van der Waals surface area contributed by atoms with Gasteiger partial charge >= 0.3 is 0 Å². The fourth-order valence-electron chi connectivity index (χ4n) is 2.65. The van der Waals surface area contributed by atoms with Crippen LogP contribution < -0.4 is 15.0 Å². The lowest BCUT2D eigenvalue weighted by molar-refractivity contribution is -0.121. The van der Waals surface area contributed by atoms with Crippen LogP contribution in [0.15, 0.2) is 42.5 Å². The van der Waals surface area contributed by atoms with E-state index in [0.29, 0.717) is 22.7 Å². The van der Waals surface area contributed by atoms with E-state index in [1.165, 1.54) is 24.0 Å². The third-order valence-corrected chi connectivity index (χ3v) is 4.02. The molecule has 3 rings (SSSR count). The van der Waals surface area contributed by atoms with Crippen molar-refractivity contribution in [2.45, 2.75) is 13.3 Å². The molecule has 2 N–H and O–H groups in total. The van der Waals surface area contributed by atoms with Crippen LogP contribution in [0.25, 0.3) is 0 Å². The molecule has 0 fully saturated rings. The lowest BCUT2D eigenvalue weighted by Gasteiger charge is -2.29. The Labute approximate surface area is 150 Å². The van der Waals surface area contributed by atoms with Gasteiger partial charge in [0.2, 0.25) is 5.91 Å². The highest BCUT2D eigenvalue weighted by Crippen LogP contribution is 2.33. The summed E-state index contributed by atoms with van der Waals surface area (Å²) in [5.41, 5.74) is 1.52. The van der Waals surface area contributed by atoms with Crippen molar-refractivity contribution in [1.82, 2.24) is 0 Å². The van der Waals surface area contributed by atoms with Gasteiger partial charge in [-0.05, 0) is 49.4 Å². The number of rotatable bonds is 5. The minimum atomic E-state index is -0.268. The van der Waals surface area contributed by atoms with Crippen LogP contribution in [0.5, 0.6) is 11.5 Å². The number of phenols is 1. The van der Waals surface area contributed by atoms with E-state index >= 15 is 0 Å². The predicted molar refractivity (Wildman–Crippen MR) is 95.6 cm³/mol. The SMILES string of the molecule is CC(=O)c1ccc2c(c1)N(CCC(=O)Nc1ccc(O)cc1)C(=O)CO2. The van der Waals surface area contributed by atoms with Gasteiger partial charge in [0.05, 0.1) is 5.69 Å². The van der Waals surface area contributed by atoms with Gasteiger partial charge < -0.3 is 20.1 Å². The highest BCUT2D eigenvalue weighted by Gasteiger charge is 2.26. The summed E-state index contributed by atoms with van der Waals surface area (Å²) in [5.74, 6) is -0.0286. The van der Waals surface area contributed by atoms with Crippen LogP contribution in [0.4, 0.5) is 11.4 Å². The minimum Gasteiger partial charge on any atom is -0.508 e. The maximum absolute atomic E-state index is 12.2. The molecule has 0 bridgehead atoms. The zero-order valence-corrected chi connectivity index (χ0v) is 14.2. The quantitative estimate of drug-likeness (QED) is 0.635. The van der Waals surface area contributed by atoms with Gasteiger partial charge in [-0.25, -0.2) is 0 Å². The fraction of sp³-hybridized carbons (Fsp3) is 0.211. The first-order chi connectivity index (χ1) is 12.4. The third kappa shape index (κ3) is 3.83. The third-order valence-electron chi connectivity index (χ3n) is 4.02. The summed E-state index contributed by atoms with van der Waals surface area (Å²) >= 11 is 0. The number of ketones is 1. The number of amides is 2. The number of benzene rings is 2. The van der Waals surface area contributed by atoms with Crippen molar-refractivity contribution in [3.8, 4) is 11.5 Å². The Morgan fingerprint density at radius 1 is 1.19 bits per heavy atom. The smallest absolute Gasteiger partial charge is 0.265 e. The van der Waals surface area contributed by atoms with Crippen molar-refractivity contribution < 1.29 is 24.2 Å². The maximum Gasteiger partial charge on any atom is 0.265 e. The van der Waals surface area contributed by atoms with Crippen molar-refractivity contribution in [3.05, 3.63) is 48.0 Å². The number of ether oxygens (including phenoxy) is 1. The van der Waals surface area contributed by atoms with Crippen LogP contribution in [0.3, 0.4) is 0 Å². The molecule has 2 amide bonds. The first-order valence-corrected chi connectivity index (χ1v) is 8.11. The van der Waals surface area contributed by atoms with Crippen LogP contribution in [-0.4, -0.2) is 35.9 Å². The summed E-state index contributed by atoms with van der Waals surface area (Å²) in [6.45, 7) is 1.51. The summed E-state index contributed by atoms with van der Waals surface area (Å²) in [5, 5.41) is 12.0. The van der Waals surface area contributed by atoms with E-state index in [0.717, 1.165) is 0 Å². The molecule has 7 heteroatoms. The number of Topliss-reactive ketones (excluding diaryl/α,β-unsaturated/α-hetero) is 1. The van der Waals surface area contributed by atoms with Crippen LogP contribution in [0.2, 0.25) is 0 Å². The minimum absolute atomic E-state index is 0.0797. The van der Waals surface area contributed by atoms with Gasteiger partial charge in [0.25, 0.3) is 5.91 Å². The van der Waals surface area contributed by atoms with E-state index < -0.39 is 0 Å². The number of nitrogens with zero attached hydrogens (tertiary/aromatic N) is 1. The molecular weight excluding hydrogens is 336 g/mol. The summed E-state index contributed by atoms with van der Waals surface area (Å²) < 4.78 is 5.39. The second kappa shape index (κ2) is 7.26. The molecule has 0 aliphatic carbocycles. The molecule has 0 spiro atoms. The van der Waals surface area contributed by atoms with Gasteiger partial charge in [-0.2, -0.15) is 0 Å². The van der Waals surface area contributed by atoms with Crippen LogP contribution in [0.1, 0.15) is 23.7 Å². The molecule has 26 heavy (non-hydrogen) atoms. The van der Waals surface area contributed by atoms with Crippen molar-refractivity contribution in [2.75, 3.05) is 23.4 Å². The molecule has 0 aromatic heterocycles. The van der Waals surface area contributed by atoms with E-state index in [4.69, 9.17) is 4.74 Å². The highest BCUT2D eigenvalue weighted by molar-refractivity contribution is 6.02. The second-order valence-corrected chi connectivity index (χ2v) is 5.92. The topological polar surface area (TPSA) is 95.9 Å². The number of fused-ring (bicyclic) bond motifs is 1. The number of phenolic OH excluding ortho intramolecular Hbond substituents is 1. The molecular formula is C19H18N2O5. The zero-order valence-electron chi connectivity index (χ0n) is 14.2. The van der Waals surface area contributed by atoms with Crippen molar-refractivity contribution >= 4 is 29.0 Å². The summed E-state index contributed by atoms with van der Waals surface area (Å²) in [7, 11) is 0. The number of carbonyl (C=O) groups excluding carboxylic acids is 3. The van der Waals surface area contributed by atoms with Crippen molar-refractivity contribution in [1.29, 1.82) is 0 Å². The van der Waals surface area contributed by atoms with E-state index in [1.807, 2.05) is 0 Å². The second-order valence-electron chi connectivity index (χ2n) is 5.92. The van der Waals surface area contributed by atoms with E-state index in [2.05, 4.69) is 5.32 Å². The normalized spacial score (nSPS) is 13.0. The van der Waals surface area contributed by atoms with Crippen molar-refractivity contribution in [3.63, 3.8) is 0 Å². The van der Waals surface area contributed by atoms with Crippen LogP contribution >= 0.6 is 0 Å². The molecule has 7 nitrogen and oxygen atoms in total. The van der Waals surface area contributed by atoms with Crippen LogP contribution in [-0.2, 0) is 9.59 Å². The van der Waals surface area contributed by atoms with E-state index in [9.17, 15) is 19.5 Å². The zero-order chi connectivity index (χ0) is 18.7. The van der Waals surface area contributed by atoms with Crippen molar-refractivity contribution in [2.24, 2.45) is 0 Å². The standard InChI is InChI=1S/C19H18N2O5/c1-12(22)13-2-7-17-16(10-13)21(19(25)11-26-17)9-8-18(24)20-14-3-5-15(23)6-4-14/h2-7,10,23H,8-9,11H2,1H3,(H,20,24). The molecule has 1 aliphatic rings. The molecule has 134 valence electrons. The Balaban J connectivity index is 1.70. The van der Waals surface area contributed by atoms with E-state index in [1.54, 1.807) is 30.3 Å². The number of nitrogens with one attached hydrogen (secondary N) is 1. The van der Waals surface area contributed by atoms with Gasteiger partial charge in [0, 0.05) is 24.2 Å². The molecule has 0 radical (unpaired) electrons.